The van der Waals surface area contributed by atoms with Crippen LogP contribution in [0, 0.1) is 5.92 Å². The van der Waals surface area contributed by atoms with Crippen LogP contribution in [-0.4, -0.2) is 30.5 Å². The molecule has 1 saturated carbocycles. The molecule has 0 amide bonds. The first-order valence-electron chi connectivity index (χ1n) is 4.72. The van der Waals surface area contributed by atoms with Crippen molar-refractivity contribution in [1.29, 1.82) is 0 Å². The molecular weight excluding hydrogens is 154 g/mol. The molecule has 0 aromatic heterocycles. The summed E-state index contributed by atoms with van der Waals surface area (Å²) in [6.07, 6.45) is 3.66. The van der Waals surface area contributed by atoms with E-state index in [9.17, 15) is 0 Å². The van der Waals surface area contributed by atoms with Gasteiger partial charge in [-0.15, -0.1) is 0 Å². The van der Waals surface area contributed by atoms with Gasteiger partial charge in [0.15, 0.2) is 0 Å². The Morgan fingerprint density at radius 2 is 2.25 bits per heavy atom. The number of aliphatic hydroxyl groups excluding tert-OH is 1. The number of nitrogens with two attached hydrogens (primary N) is 1. The number of hydrogen-bond acceptors (Lipinski definition) is 3. The number of rotatable bonds is 6. The van der Waals surface area contributed by atoms with Crippen LogP contribution in [0.1, 0.15) is 26.2 Å². The zero-order valence-corrected chi connectivity index (χ0v) is 7.70. The molecule has 0 bridgehead atoms. The van der Waals surface area contributed by atoms with Crippen molar-refractivity contribution in [1.82, 2.24) is 0 Å². The lowest BCUT2D eigenvalue weighted by molar-refractivity contribution is -0.00138. The third kappa shape index (κ3) is 3.52. The Balaban J connectivity index is 2.01. The zero-order chi connectivity index (χ0) is 8.97. The Labute approximate surface area is 73.9 Å². The van der Waals surface area contributed by atoms with Crippen molar-refractivity contribution >= 4 is 0 Å². The van der Waals surface area contributed by atoms with E-state index in [4.69, 9.17) is 15.6 Å². The van der Waals surface area contributed by atoms with Crippen molar-refractivity contribution in [3.8, 4) is 0 Å². The minimum absolute atomic E-state index is 0.0301. The van der Waals surface area contributed by atoms with E-state index in [-0.39, 0.29) is 18.8 Å². The average molecular weight is 173 g/mol. The second-order valence-corrected chi connectivity index (χ2v) is 3.68. The summed E-state index contributed by atoms with van der Waals surface area (Å²) in [6, 6.07) is -0.0748. The molecule has 1 fully saturated rings. The smallest absolute Gasteiger partial charge is 0.0953 e. The number of ether oxygens (including phenoxy) is 1. The molecule has 0 heterocycles. The van der Waals surface area contributed by atoms with Crippen molar-refractivity contribution in [3.63, 3.8) is 0 Å². The Morgan fingerprint density at radius 1 is 1.58 bits per heavy atom. The van der Waals surface area contributed by atoms with Crippen LogP contribution >= 0.6 is 0 Å². The molecule has 1 aliphatic carbocycles. The molecule has 0 saturated heterocycles. The van der Waals surface area contributed by atoms with E-state index in [0.29, 0.717) is 0 Å². The van der Waals surface area contributed by atoms with Crippen LogP contribution in [0.5, 0.6) is 0 Å². The second kappa shape index (κ2) is 4.80. The topological polar surface area (TPSA) is 55.5 Å². The quantitative estimate of drug-likeness (QED) is 0.615. The standard InChI is InChI=1S/C9H19NO2/c1-7(10)9(6-11)12-5-4-8-2-3-8/h7-9,11H,2-6,10H2,1H3. The normalized spacial score (nSPS) is 22.2. The summed E-state index contributed by atoms with van der Waals surface area (Å²) in [5.74, 6) is 0.887. The summed E-state index contributed by atoms with van der Waals surface area (Å²) in [4.78, 5) is 0. The van der Waals surface area contributed by atoms with E-state index >= 15 is 0 Å². The van der Waals surface area contributed by atoms with Crippen LogP contribution in [0.3, 0.4) is 0 Å². The fraction of sp³-hybridized carbons (Fsp3) is 1.00. The van der Waals surface area contributed by atoms with Gasteiger partial charge in [0.1, 0.15) is 0 Å². The molecule has 3 nitrogen and oxygen atoms in total. The zero-order valence-electron chi connectivity index (χ0n) is 7.70. The third-order valence-corrected chi connectivity index (χ3v) is 2.32. The van der Waals surface area contributed by atoms with Gasteiger partial charge in [0.25, 0.3) is 0 Å². The lowest BCUT2D eigenvalue weighted by atomic mass is 10.2. The minimum atomic E-state index is -0.177. The predicted molar refractivity (Wildman–Crippen MR) is 47.8 cm³/mol. The van der Waals surface area contributed by atoms with Crippen LogP contribution in [-0.2, 0) is 4.74 Å². The SMILES string of the molecule is CC(N)C(CO)OCCC1CC1. The maximum absolute atomic E-state index is 8.87. The molecule has 2 atom stereocenters. The molecule has 0 aromatic carbocycles. The van der Waals surface area contributed by atoms with E-state index in [0.717, 1.165) is 18.9 Å². The monoisotopic (exact) mass is 173 g/mol. The van der Waals surface area contributed by atoms with Gasteiger partial charge in [0.2, 0.25) is 0 Å². The van der Waals surface area contributed by atoms with Crippen LogP contribution in [0.4, 0.5) is 0 Å². The van der Waals surface area contributed by atoms with E-state index in [1.165, 1.54) is 12.8 Å². The second-order valence-electron chi connectivity index (χ2n) is 3.68. The highest BCUT2D eigenvalue weighted by atomic mass is 16.5. The third-order valence-electron chi connectivity index (χ3n) is 2.32. The maximum Gasteiger partial charge on any atom is 0.0953 e. The van der Waals surface area contributed by atoms with E-state index in [1.807, 2.05) is 6.92 Å². The van der Waals surface area contributed by atoms with Crippen molar-refractivity contribution in [3.05, 3.63) is 0 Å². The van der Waals surface area contributed by atoms with Crippen LogP contribution < -0.4 is 5.73 Å². The van der Waals surface area contributed by atoms with E-state index in [2.05, 4.69) is 0 Å². The fourth-order valence-electron chi connectivity index (χ4n) is 1.16. The molecule has 1 aliphatic rings. The molecule has 0 aliphatic heterocycles. The maximum atomic E-state index is 8.87. The van der Waals surface area contributed by atoms with Crippen LogP contribution in [0.2, 0.25) is 0 Å². The first kappa shape index (κ1) is 9.96. The lowest BCUT2D eigenvalue weighted by Gasteiger charge is -2.18. The first-order valence-corrected chi connectivity index (χ1v) is 4.72. The predicted octanol–water partition coefficient (Wildman–Crippen LogP) is 0.511. The van der Waals surface area contributed by atoms with E-state index in [1.54, 1.807) is 0 Å². The van der Waals surface area contributed by atoms with Gasteiger partial charge >= 0.3 is 0 Å². The Bertz CT molecular complexity index is 124. The van der Waals surface area contributed by atoms with Gasteiger partial charge in [-0.2, -0.15) is 0 Å². The summed E-state index contributed by atoms with van der Waals surface area (Å²) in [7, 11) is 0. The van der Waals surface area contributed by atoms with Gasteiger partial charge in [-0.3, -0.25) is 0 Å². The van der Waals surface area contributed by atoms with Gasteiger partial charge in [-0.1, -0.05) is 12.8 Å². The lowest BCUT2D eigenvalue weighted by Crippen LogP contribution is -2.37. The molecule has 0 spiro atoms. The number of aliphatic hydroxyl groups is 1. The summed E-state index contributed by atoms with van der Waals surface area (Å²) < 4.78 is 5.43. The van der Waals surface area contributed by atoms with Gasteiger partial charge in [0, 0.05) is 12.6 Å². The van der Waals surface area contributed by atoms with Gasteiger partial charge in [-0.25, -0.2) is 0 Å². The summed E-state index contributed by atoms with van der Waals surface area (Å²) in [6.45, 7) is 2.64. The molecule has 2 unspecified atom stereocenters. The first-order chi connectivity index (χ1) is 5.74. The highest BCUT2D eigenvalue weighted by Crippen LogP contribution is 2.32. The molecule has 1 rings (SSSR count). The highest BCUT2D eigenvalue weighted by Gasteiger charge is 2.21. The Morgan fingerprint density at radius 3 is 2.67 bits per heavy atom. The molecule has 0 radical (unpaired) electrons. The average Bonchev–Trinajstić information content (AvgIpc) is 2.80. The van der Waals surface area contributed by atoms with Gasteiger partial charge < -0.3 is 15.6 Å². The van der Waals surface area contributed by atoms with Crippen molar-refractivity contribution in [2.75, 3.05) is 13.2 Å². The molecule has 3 heteroatoms. The molecular formula is C9H19NO2. The summed E-state index contributed by atoms with van der Waals surface area (Å²) >= 11 is 0. The molecule has 0 aromatic rings. The minimum Gasteiger partial charge on any atom is -0.394 e. The summed E-state index contributed by atoms with van der Waals surface area (Å²) in [5.41, 5.74) is 5.59. The molecule has 12 heavy (non-hydrogen) atoms. The van der Waals surface area contributed by atoms with Crippen LogP contribution in [0.15, 0.2) is 0 Å². The van der Waals surface area contributed by atoms with Gasteiger partial charge in [-0.05, 0) is 19.3 Å². The number of hydrogen-bond donors (Lipinski definition) is 2. The van der Waals surface area contributed by atoms with Crippen molar-refractivity contribution in [2.24, 2.45) is 11.7 Å². The van der Waals surface area contributed by atoms with E-state index < -0.39 is 0 Å². The summed E-state index contributed by atoms with van der Waals surface area (Å²) in [5, 5.41) is 8.87. The molecule has 72 valence electrons. The Hall–Kier alpha value is -0.120. The fourth-order valence-corrected chi connectivity index (χ4v) is 1.16. The largest absolute Gasteiger partial charge is 0.394 e. The van der Waals surface area contributed by atoms with Crippen molar-refractivity contribution in [2.45, 2.75) is 38.3 Å². The Kier molecular flexibility index (Phi) is 3.98. The van der Waals surface area contributed by atoms with Crippen molar-refractivity contribution < 1.29 is 9.84 Å². The van der Waals surface area contributed by atoms with Gasteiger partial charge in [0.05, 0.1) is 12.7 Å². The highest BCUT2D eigenvalue weighted by molar-refractivity contribution is 4.73. The van der Waals surface area contributed by atoms with Crippen LogP contribution in [0.25, 0.3) is 0 Å². The molecule has 3 N–H and O–H groups in total.